The number of aliphatic hydroxyl groups excluding tert-OH is 1. The second-order valence-electron chi connectivity index (χ2n) is 18.1. The molecule has 0 saturated carbocycles. The van der Waals surface area contributed by atoms with Crippen LogP contribution in [0.5, 0.6) is 5.75 Å². The standard InChI is InChI=1S/C47H81N5O9.C5H12N2O2/c1-37(52-47(59)42(48)34-39-25-27-41(54)28-26-39)43(55)35-40(38(2)53)22-18-21-31-50-45(57)24-17-13-8-4-6-10-14-19-29-49-44(56)23-16-12-9-5-7-11-15-20-30-51-46(58)36-61-33-32-60-3;1-2-7-4(3-8)5(6)9/h25-28,37,40,42,54H,4-24,29-36,48H2,1-3H3,(H,49,56)(H,50,57)(H,51,58)(H,52,59);4,7-8H,2-3H2,1H3,(H2,6,9)/t37-,40-,42+;4-/m10/s1. The van der Waals surface area contributed by atoms with Gasteiger partial charge in [0.15, 0.2) is 5.78 Å². The molecule has 4 atom stereocenters. The van der Waals surface area contributed by atoms with Gasteiger partial charge in [0.05, 0.1) is 31.9 Å². The van der Waals surface area contributed by atoms with Gasteiger partial charge in [0.25, 0.3) is 0 Å². The van der Waals surface area contributed by atoms with Crippen LogP contribution in [0.25, 0.3) is 0 Å². The fourth-order valence-electron chi connectivity index (χ4n) is 7.43. The van der Waals surface area contributed by atoms with Crippen molar-refractivity contribution in [2.24, 2.45) is 17.4 Å². The normalized spacial score (nSPS) is 12.7. The van der Waals surface area contributed by atoms with Crippen molar-refractivity contribution in [3.8, 4) is 5.75 Å². The van der Waals surface area contributed by atoms with Crippen LogP contribution in [-0.2, 0) is 49.5 Å². The molecule has 1 aromatic carbocycles. The molecule has 0 heterocycles. The predicted octanol–water partition coefficient (Wildman–Crippen LogP) is 4.58. The van der Waals surface area contributed by atoms with Gasteiger partial charge in [-0.15, -0.1) is 0 Å². The molecule has 0 unspecified atom stereocenters. The molecule has 18 nitrogen and oxygen atoms in total. The molecule has 0 aliphatic heterocycles. The molecule has 0 aliphatic rings. The molecule has 70 heavy (non-hydrogen) atoms. The highest BCUT2D eigenvalue weighted by atomic mass is 16.5. The highest BCUT2D eigenvalue weighted by Gasteiger charge is 2.25. The summed E-state index contributed by atoms with van der Waals surface area (Å²) in [5.41, 5.74) is 11.7. The number of hydrogen-bond acceptors (Lipinski definition) is 13. The molecular weight excluding hydrogens is 899 g/mol. The molecule has 0 saturated heterocycles. The largest absolute Gasteiger partial charge is 0.508 e. The number of nitrogens with two attached hydrogens (primary N) is 2. The average molecular weight is 992 g/mol. The van der Waals surface area contributed by atoms with Crippen LogP contribution >= 0.6 is 0 Å². The van der Waals surface area contributed by atoms with Crippen molar-refractivity contribution >= 4 is 41.1 Å². The number of rotatable bonds is 44. The minimum absolute atomic E-state index is 0.0392. The Kier molecular flexibility index (Phi) is 41.6. The number of ether oxygens (including phenoxy) is 2. The van der Waals surface area contributed by atoms with Crippen LogP contribution in [0.4, 0.5) is 0 Å². The first-order chi connectivity index (χ1) is 33.6. The number of ketones is 2. The van der Waals surface area contributed by atoms with E-state index in [9.17, 15) is 38.7 Å². The van der Waals surface area contributed by atoms with Gasteiger partial charge in [-0.05, 0) is 83.0 Å². The van der Waals surface area contributed by atoms with E-state index in [4.69, 9.17) is 26.0 Å². The lowest BCUT2D eigenvalue weighted by Crippen LogP contribution is -2.48. The van der Waals surface area contributed by atoms with Crippen molar-refractivity contribution in [1.82, 2.24) is 26.6 Å². The van der Waals surface area contributed by atoms with Gasteiger partial charge in [-0.25, -0.2) is 0 Å². The smallest absolute Gasteiger partial charge is 0.245 e. The first-order valence-electron chi connectivity index (χ1n) is 26.0. The van der Waals surface area contributed by atoms with Gasteiger partial charge in [-0.1, -0.05) is 103 Å². The average Bonchev–Trinajstić information content (AvgIpc) is 3.33. The maximum absolute atomic E-state index is 12.8. The first-order valence-corrected chi connectivity index (χ1v) is 26.0. The van der Waals surface area contributed by atoms with Crippen LogP contribution in [0.1, 0.15) is 168 Å². The van der Waals surface area contributed by atoms with E-state index in [1.807, 2.05) is 6.92 Å². The van der Waals surface area contributed by atoms with Gasteiger partial charge >= 0.3 is 0 Å². The molecule has 5 amide bonds. The summed E-state index contributed by atoms with van der Waals surface area (Å²) in [4.78, 5) is 84.0. The van der Waals surface area contributed by atoms with Crippen LogP contribution in [0.15, 0.2) is 24.3 Å². The van der Waals surface area contributed by atoms with E-state index in [0.29, 0.717) is 65.0 Å². The van der Waals surface area contributed by atoms with E-state index < -0.39 is 35.9 Å². The Labute approximate surface area is 419 Å². The number of likely N-dealkylation sites (N-methyl/N-ethyl adjacent to an activating group) is 1. The molecule has 11 N–H and O–H groups in total. The minimum atomic E-state index is -0.854. The minimum Gasteiger partial charge on any atom is -0.508 e. The lowest BCUT2D eigenvalue weighted by Gasteiger charge is -2.19. The number of carbonyl (C=O) groups excluding carboxylic acids is 7. The Bertz CT molecular complexity index is 1570. The second kappa shape index (κ2) is 44.5. The highest BCUT2D eigenvalue weighted by Crippen LogP contribution is 2.17. The fourth-order valence-corrected chi connectivity index (χ4v) is 7.43. The number of unbranched alkanes of at least 4 members (excludes halogenated alkanes) is 15. The number of Topliss-reactive ketones (excluding diaryl/α,β-unsaturated/α-hetero) is 2. The van der Waals surface area contributed by atoms with Crippen molar-refractivity contribution in [2.75, 3.05) is 59.7 Å². The molecule has 0 bridgehead atoms. The number of methoxy groups -OCH3 is 1. The lowest BCUT2D eigenvalue weighted by molar-refractivity contribution is -0.130. The zero-order valence-corrected chi connectivity index (χ0v) is 43.3. The third-order valence-corrected chi connectivity index (χ3v) is 11.8. The summed E-state index contributed by atoms with van der Waals surface area (Å²) in [7, 11) is 1.60. The summed E-state index contributed by atoms with van der Waals surface area (Å²) in [5, 5.41) is 32.2. The van der Waals surface area contributed by atoms with Gasteiger partial charge in [0.1, 0.15) is 24.2 Å². The summed E-state index contributed by atoms with van der Waals surface area (Å²) in [6, 6.07) is 4.20. The topological polar surface area (TPSA) is 291 Å². The van der Waals surface area contributed by atoms with Gasteiger partial charge in [-0.2, -0.15) is 0 Å². The number of carbonyl (C=O) groups is 7. The lowest BCUT2D eigenvalue weighted by atomic mass is 9.91. The van der Waals surface area contributed by atoms with E-state index in [1.54, 1.807) is 26.2 Å². The number of benzene rings is 1. The van der Waals surface area contributed by atoms with Gasteiger partial charge < -0.3 is 57.7 Å². The third kappa shape index (κ3) is 38.3. The van der Waals surface area contributed by atoms with Crippen molar-refractivity contribution in [1.29, 1.82) is 0 Å². The molecule has 0 fully saturated rings. The van der Waals surface area contributed by atoms with Crippen LogP contribution in [0.2, 0.25) is 0 Å². The van der Waals surface area contributed by atoms with Crippen molar-refractivity contribution in [3.63, 3.8) is 0 Å². The van der Waals surface area contributed by atoms with E-state index in [-0.39, 0.29) is 61.1 Å². The highest BCUT2D eigenvalue weighted by molar-refractivity contribution is 5.93. The molecule has 18 heteroatoms. The molecule has 0 radical (unpaired) electrons. The summed E-state index contributed by atoms with van der Waals surface area (Å²) < 4.78 is 10.1. The summed E-state index contributed by atoms with van der Waals surface area (Å²) in [5.74, 6) is -1.46. The molecule has 402 valence electrons. The van der Waals surface area contributed by atoms with Crippen molar-refractivity contribution < 1.29 is 53.2 Å². The third-order valence-electron chi connectivity index (χ3n) is 11.8. The van der Waals surface area contributed by atoms with E-state index >= 15 is 0 Å². The molecule has 0 aliphatic carbocycles. The van der Waals surface area contributed by atoms with E-state index in [2.05, 4.69) is 26.6 Å². The quantitative estimate of drug-likeness (QED) is 0.0406. The summed E-state index contributed by atoms with van der Waals surface area (Å²) >= 11 is 0. The van der Waals surface area contributed by atoms with Gasteiger partial charge in [0, 0.05) is 51.9 Å². The Morgan fingerprint density at radius 2 is 1.14 bits per heavy atom. The van der Waals surface area contributed by atoms with E-state index in [1.165, 1.54) is 44.7 Å². The SMILES string of the molecule is CCN[C@@H](CO)C(N)=O.COCCOCC(=O)NCCCCCCCCCCC(=O)NCCCCCCCCCCC(=O)NCCCC[C@H](CC(=O)[C@@H](C)NC(=O)[C@@H](N)Cc1ccc(O)cc1)C(C)=O. The van der Waals surface area contributed by atoms with Gasteiger partial charge in [0.2, 0.25) is 29.5 Å². The Morgan fingerprint density at radius 3 is 1.59 bits per heavy atom. The molecule has 1 aromatic rings. The first kappa shape index (κ1) is 65.5. The number of aliphatic hydroxyl groups is 1. The molecule has 0 spiro atoms. The fraction of sp³-hybridized carbons (Fsp3) is 0.750. The van der Waals surface area contributed by atoms with E-state index in [0.717, 1.165) is 89.2 Å². The Morgan fingerprint density at radius 1 is 0.671 bits per heavy atom. The van der Waals surface area contributed by atoms with Crippen LogP contribution in [-0.4, -0.2) is 129 Å². The van der Waals surface area contributed by atoms with Crippen LogP contribution in [0.3, 0.4) is 0 Å². The maximum Gasteiger partial charge on any atom is 0.245 e. The van der Waals surface area contributed by atoms with Crippen LogP contribution < -0.4 is 38.1 Å². The van der Waals surface area contributed by atoms with Crippen LogP contribution in [0, 0.1) is 5.92 Å². The predicted molar refractivity (Wildman–Crippen MR) is 274 cm³/mol. The van der Waals surface area contributed by atoms with Crippen molar-refractivity contribution in [3.05, 3.63) is 29.8 Å². The monoisotopic (exact) mass is 992 g/mol. The molecule has 1 rings (SSSR count). The summed E-state index contributed by atoms with van der Waals surface area (Å²) in [6.07, 6.45) is 20.7. The molecular formula is C52H93N7O11. The number of phenols is 1. The Balaban J connectivity index is 0.00000477. The number of phenolic OH excluding ortho intramolecular Hbond substituents is 1. The number of aromatic hydroxyl groups is 1. The molecule has 0 aromatic heterocycles. The number of nitrogens with one attached hydrogen (secondary N) is 5. The number of primary amides is 1. The zero-order valence-electron chi connectivity index (χ0n) is 43.3. The second-order valence-corrected chi connectivity index (χ2v) is 18.1. The van der Waals surface area contributed by atoms with Gasteiger partial charge in [-0.3, -0.25) is 33.6 Å². The zero-order chi connectivity index (χ0) is 52.2. The number of amides is 5. The Hall–Kier alpha value is -4.49. The number of hydrogen-bond donors (Lipinski definition) is 9. The summed E-state index contributed by atoms with van der Waals surface area (Å²) in [6.45, 7) is 8.28. The van der Waals surface area contributed by atoms with Crippen molar-refractivity contribution in [2.45, 2.75) is 187 Å². The maximum atomic E-state index is 12.8.